The van der Waals surface area contributed by atoms with Crippen molar-refractivity contribution in [3.63, 3.8) is 0 Å². The van der Waals surface area contributed by atoms with Crippen LogP contribution in [-0.2, 0) is 10.3 Å². The molecule has 0 aliphatic rings. The number of rotatable bonds is 3. The molecule has 0 aromatic carbocycles. The fourth-order valence-corrected chi connectivity index (χ4v) is 3.11. The molecule has 2 N–H and O–H groups in total. The summed E-state index contributed by atoms with van der Waals surface area (Å²) < 4.78 is 6.54. The van der Waals surface area contributed by atoms with Crippen molar-refractivity contribution in [2.24, 2.45) is 5.73 Å². The zero-order valence-electron chi connectivity index (χ0n) is 8.06. The molecule has 0 saturated carbocycles. The van der Waals surface area contributed by atoms with Gasteiger partial charge in [0.25, 0.3) is 0 Å². The first-order valence-electron chi connectivity index (χ1n) is 4.04. The van der Waals surface area contributed by atoms with E-state index in [1.165, 1.54) is 5.56 Å². The van der Waals surface area contributed by atoms with E-state index in [2.05, 4.69) is 28.2 Å². The van der Waals surface area contributed by atoms with Crippen LogP contribution in [0.2, 0.25) is 0 Å². The van der Waals surface area contributed by atoms with Gasteiger partial charge >= 0.3 is 0 Å². The second-order valence-electron chi connectivity index (χ2n) is 3.20. The van der Waals surface area contributed by atoms with Gasteiger partial charge in [-0.3, -0.25) is 0 Å². The van der Waals surface area contributed by atoms with Gasteiger partial charge < -0.3 is 10.5 Å². The number of hydrogen-bond donors (Lipinski definition) is 1. The third-order valence-corrected chi connectivity index (χ3v) is 4.85. The average molecular weight is 264 g/mol. The van der Waals surface area contributed by atoms with E-state index in [-0.39, 0.29) is 5.60 Å². The minimum Gasteiger partial charge on any atom is -0.372 e. The lowest BCUT2D eigenvalue weighted by atomic mass is 10.0. The predicted molar refractivity (Wildman–Crippen MR) is 60.2 cm³/mol. The Bertz CT molecular complexity index is 294. The van der Waals surface area contributed by atoms with Crippen molar-refractivity contribution in [2.45, 2.75) is 19.4 Å². The lowest BCUT2D eigenvalue weighted by molar-refractivity contribution is 0.0126. The summed E-state index contributed by atoms with van der Waals surface area (Å²) in [6, 6.07) is 0. The molecule has 1 heterocycles. The second kappa shape index (κ2) is 4.09. The smallest absolute Gasteiger partial charge is 0.112 e. The third kappa shape index (κ3) is 1.96. The highest BCUT2D eigenvalue weighted by Crippen LogP contribution is 2.37. The first-order valence-corrected chi connectivity index (χ1v) is 5.71. The Morgan fingerprint density at radius 3 is 2.62 bits per heavy atom. The number of nitrogens with two attached hydrogens (primary N) is 1. The van der Waals surface area contributed by atoms with Crippen LogP contribution in [0.25, 0.3) is 0 Å². The first kappa shape index (κ1) is 11.2. The number of halogens is 1. The average Bonchev–Trinajstić information content (AvgIpc) is 2.47. The van der Waals surface area contributed by atoms with Crippen LogP contribution in [0.15, 0.2) is 9.85 Å². The predicted octanol–water partition coefficient (Wildman–Crippen LogP) is 2.64. The van der Waals surface area contributed by atoms with E-state index >= 15 is 0 Å². The highest BCUT2D eigenvalue weighted by molar-refractivity contribution is 9.10. The van der Waals surface area contributed by atoms with Crippen LogP contribution in [0.5, 0.6) is 0 Å². The van der Waals surface area contributed by atoms with E-state index < -0.39 is 0 Å². The third-order valence-electron chi connectivity index (χ3n) is 2.22. The standard InChI is InChI=1S/C9H14BrNOS/c1-6-4-13-8(7(6)10)9(2,5-11)12-3/h4H,5,11H2,1-3H3. The maximum Gasteiger partial charge on any atom is 0.112 e. The minimum atomic E-state index is -0.363. The summed E-state index contributed by atoms with van der Waals surface area (Å²) in [5.74, 6) is 0. The summed E-state index contributed by atoms with van der Waals surface area (Å²) in [6.07, 6.45) is 0. The van der Waals surface area contributed by atoms with Crippen LogP contribution in [0.3, 0.4) is 0 Å². The summed E-state index contributed by atoms with van der Waals surface area (Å²) in [6.45, 7) is 4.56. The molecule has 0 saturated heterocycles. The number of aryl methyl sites for hydroxylation is 1. The Balaban J connectivity index is 3.12. The zero-order chi connectivity index (χ0) is 10.1. The summed E-state index contributed by atoms with van der Waals surface area (Å²) in [5.41, 5.74) is 6.56. The molecule has 0 amide bonds. The molecule has 0 bridgehead atoms. The highest BCUT2D eigenvalue weighted by atomic mass is 79.9. The van der Waals surface area contributed by atoms with Gasteiger partial charge in [-0.2, -0.15) is 0 Å². The fourth-order valence-electron chi connectivity index (χ4n) is 1.06. The molecular formula is C9H14BrNOS. The number of hydrogen-bond acceptors (Lipinski definition) is 3. The van der Waals surface area contributed by atoms with E-state index in [1.54, 1.807) is 18.4 Å². The van der Waals surface area contributed by atoms with Crippen LogP contribution >= 0.6 is 27.3 Å². The van der Waals surface area contributed by atoms with Crippen molar-refractivity contribution in [3.8, 4) is 0 Å². The van der Waals surface area contributed by atoms with Crippen molar-refractivity contribution in [1.82, 2.24) is 0 Å². The lowest BCUT2D eigenvalue weighted by Crippen LogP contribution is -2.33. The molecule has 1 rings (SSSR count). The molecule has 1 aromatic heterocycles. The van der Waals surface area contributed by atoms with Crippen molar-refractivity contribution in [3.05, 3.63) is 20.3 Å². The molecular weight excluding hydrogens is 250 g/mol. The van der Waals surface area contributed by atoms with Crippen molar-refractivity contribution in [1.29, 1.82) is 0 Å². The maximum atomic E-state index is 5.69. The van der Waals surface area contributed by atoms with Gasteiger partial charge in [-0.15, -0.1) is 11.3 Å². The summed E-state index contributed by atoms with van der Waals surface area (Å²) >= 11 is 5.22. The molecule has 0 aliphatic heterocycles. The van der Waals surface area contributed by atoms with E-state index in [9.17, 15) is 0 Å². The summed E-state index contributed by atoms with van der Waals surface area (Å²) in [5, 5.41) is 2.10. The van der Waals surface area contributed by atoms with Crippen LogP contribution in [0.4, 0.5) is 0 Å². The molecule has 4 heteroatoms. The SMILES string of the molecule is COC(C)(CN)c1scc(C)c1Br. The van der Waals surface area contributed by atoms with Crippen molar-refractivity contribution in [2.75, 3.05) is 13.7 Å². The lowest BCUT2D eigenvalue weighted by Gasteiger charge is -2.25. The number of thiophene rings is 1. The van der Waals surface area contributed by atoms with Gasteiger partial charge in [0.2, 0.25) is 0 Å². The van der Waals surface area contributed by atoms with Crippen LogP contribution < -0.4 is 5.73 Å². The molecule has 0 fully saturated rings. The molecule has 1 unspecified atom stereocenters. The van der Waals surface area contributed by atoms with Gasteiger partial charge in [0.1, 0.15) is 5.60 Å². The summed E-state index contributed by atoms with van der Waals surface area (Å²) in [7, 11) is 1.69. The Morgan fingerprint density at radius 1 is 1.69 bits per heavy atom. The van der Waals surface area contributed by atoms with Crippen LogP contribution in [0, 0.1) is 6.92 Å². The fraction of sp³-hybridized carbons (Fsp3) is 0.556. The van der Waals surface area contributed by atoms with Crippen molar-refractivity contribution >= 4 is 27.3 Å². The van der Waals surface area contributed by atoms with Gasteiger partial charge in [-0.25, -0.2) is 0 Å². The van der Waals surface area contributed by atoms with Crippen molar-refractivity contribution < 1.29 is 4.74 Å². The maximum absolute atomic E-state index is 5.69. The number of ether oxygens (including phenoxy) is 1. The van der Waals surface area contributed by atoms with Gasteiger partial charge in [-0.1, -0.05) is 0 Å². The molecule has 1 aromatic rings. The topological polar surface area (TPSA) is 35.2 Å². The molecule has 0 spiro atoms. The zero-order valence-corrected chi connectivity index (χ0v) is 10.5. The van der Waals surface area contributed by atoms with Crippen LogP contribution in [-0.4, -0.2) is 13.7 Å². The molecule has 0 aliphatic carbocycles. The largest absolute Gasteiger partial charge is 0.372 e. The highest BCUT2D eigenvalue weighted by Gasteiger charge is 2.28. The molecule has 2 nitrogen and oxygen atoms in total. The Labute approximate surface area is 91.2 Å². The Kier molecular flexibility index (Phi) is 3.51. The Morgan fingerprint density at radius 2 is 2.31 bits per heavy atom. The minimum absolute atomic E-state index is 0.363. The number of methoxy groups -OCH3 is 1. The normalized spacial score (nSPS) is 15.8. The van der Waals surface area contributed by atoms with Gasteiger partial charge in [0, 0.05) is 18.1 Å². The monoisotopic (exact) mass is 263 g/mol. The van der Waals surface area contributed by atoms with E-state index in [1.807, 2.05) is 6.92 Å². The van der Waals surface area contributed by atoms with E-state index in [0.717, 1.165) is 9.35 Å². The molecule has 13 heavy (non-hydrogen) atoms. The molecule has 74 valence electrons. The first-order chi connectivity index (χ1) is 6.05. The van der Waals surface area contributed by atoms with E-state index in [4.69, 9.17) is 10.5 Å². The Hall–Kier alpha value is 0.100. The molecule has 1 atom stereocenters. The van der Waals surface area contributed by atoms with Gasteiger partial charge in [0.15, 0.2) is 0 Å². The van der Waals surface area contributed by atoms with Crippen LogP contribution in [0.1, 0.15) is 17.4 Å². The molecule has 0 radical (unpaired) electrons. The second-order valence-corrected chi connectivity index (χ2v) is 4.87. The quantitative estimate of drug-likeness (QED) is 0.910. The van der Waals surface area contributed by atoms with E-state index in [0.29, 0.717) is 6.54 Å². The summed E-state index contributed by atoms with van der Waals surface area (Å²) in [4.78, 5) is 1.16. The van der Waals surface area contributed by atoms with Gasteiger partial charge in [0.05, 0.1) is 4.88 Å². The van der Waals surface area contributed by atoms with Gasteiger partial charge in [-0.05, 0) is 40.7 Å².